The largest absolute Gasteiger partial charge is 0.416 e. The lowest BCUT2D eigenvalue weighted by molar-refractivity contribution is -0.907. The molecule has 164 valence electrons. The number of alkyl halides is 3. The highest BCUT2D eigenvalue weighted by atomic mass is 19.4. The maximum absolute atomic E-state index is 13.1. The molecule has 3 amide bonds. The zero-order valence-corrected chi connectivity index (χ0v) is 17.1. The molecule has 2 heterocycles. The molecule has 2 saturated heterocycles. The van der Waals surface area contributed by atoms with E-state index in [1.165, 1.54) is 17.0 Å². The second-order valence-corrected chi connectivity index (χ2v) is 8.72. The second-order valence-electron chi connectivity index (χ2n) is 8.72. The van der Waals surface area contributed by atoms with Gasteiger partial charge in [0.2, 0.25) is 0 Å². The van der Waals surface area contributed by atoms with E-state index in [0.717, 1.165) is 30.2 Å². The number of halogens is 3. The number of rotatable bonds is 3. The van der Waals surface area contributed by atoms with Crippen molar-refractivity contribution in [2.24, 2.45) is 5.92 Å². The van der Waals surface area contributed by atoms with Crippen molar-refractivity contribution < 1.29 is 27.7 Å². The van der Waals surface area contributed by atoms with Crippen LogP contribution in [0.5, 0.6) is 0 Å². The molecule has 9 heteroatoms. The number of benzene rings is 1. The Morgan fingerprint density at radius 2 is 1.93 bits per heavy atom. The molecule has 2 aliphatic heterocycles. The highest BCUT2D eigenvalue weighted by Crippen LogP contribution is 2.38. The molecular formula is C21H28F3N4O2+. The van der Waals surface area contributed by atoms with E-state index >= 15 is 0 Å². The Bertz CT molecular complexity index is 823. The lowest BCUT2D eigenvalue weighted by atomic mass is 9.73. The molecule has 1 aromatic carbocycles. The second kappa shape index (κ2) is 7.76. The first-order valence-corrected chi connectivity index (χ1v) is 10.6. The van der Waals surface area contributed by atoms with Crippen LogP contribution in [0.2, 0.25) is 0 Å². The third kappa shape index (κ3) is 3.75. The first-order chi connectivity index (χ1) is 14.2. The minimum Gasteiger partial charge on any atom is -0.360 e. The van der Waals surface area contributed by atoms with E-state index in [2.05, 4.69) is 5.32 Å². The Hall–Kier alpha value is -2.29. The van der Waals surface area contributed by atoms with Gasteiger partial charge in [-0.1, -0.05) is 25.8 Å². The number of quaternary nitrogens is 1. The summed E-state index contributed by atoms with van der Waals surface area (Å²) in [5.41, 5.74) is -0.857. The average molecular weight is 425 g/mol. The first kappa shape index (κ1) is 21.0. The highest BCUT2D eigenvalue weighted by Gasteiger charge is 2.55. The maximum Gasteiger partial charge on any atom is 0.416 e. The molecule has 4 rings (SSSR count). The van der Waals surface area contributed by atoms with Crippen molar-refractivity contribution in [1.82, 2.24) is 10.2 Å². The van der Waals surface area contributed by atoms with Gasteiger partial charge in [0, 0.05) is 5.69 Å². The van der Waals surface area contributed by atoms with Crippen LogP contribution in [0.4, 0.5) is 23.7 Å². The Kier molecular flexibility index (Phi) is 5.42. The van der Waals surface area contributed by atoms with Crippen molar-refractivity contribution in [3.8, 4) is 0 Å². The summed E-state index contributed by atoms with van der Waals surface area (Å²) in [4.78, 5) is 30.0. The van der Waals surface area contributed by atoms with E-state index in [0.29, 0.717) is 45.0 Å². The fraction of sp³-hybridized carbons (Fsp3) is 0.619. The van der Waals surface area contributed by atoms with Crippen LogP contribution >= 0.6 is 0 Å². The molecular weight excluding hydrogens is 397 g/mol. The minimum absolute atomic E-state index is 0.118. The lowest BCUT2D eigenvalue weighted by Gasteiger charge is -2.37. The number of piperazine rings is 1. The van der Waals surface area contributed by atoms with E-state index < -0.39 is 17.3 Å². The van der Waals surface area contributed by atoms with Gasteiger partial charge >= 0.3 is 12.2 Å². The number of anilines is 1. The van der Waals surface area contributed by atoms with Crippen LogP contribution in [0.15, 0.2) is 24.3 Å². The first-order valence-electron chi connectivity index (χ1n) is 10.6. The van der Waals surface area contributed by atoms with E-state index in [9.17, 15) is 22.8 Å². The van der Waals surface area contributed by atoms with Gasteiger partial charge < -0.3 is 15.1 Å². The van der Waals surface area contributed by atoms with Crippen molar-refractivity contribution in [1.29, 1.82) is 0 Å². The van der Waals surface area contributed by atoms with E-state index in [-0.39, 0.29) is 17.9 Å². The Labute approximate surface area is 174 Å². The average Bonchev–Trinajstić information content (AvgIpc) is 2.95. The number of imide groups is 1. The van der Waals surface area contributed by atoms with Gasteiger partial charge in [0.1, 0.15) is 5.54 Å². The predicted octanol–water partition coefficient (Wildman–Crippen LogP) is 1.87. The van der Waals surface area contributed by atoms with Crippen molar-refractivity contribution in [3.63, 3.8) is 0 Å². The number of urea groups is 1. The number of carbonyl (C=O) groups is 2. The molecule has 30 heavy (non-hydrogen) atoms. The molecule has 1 saturated carbocycles. The summed E-state index contributed by atoms with van der Waals surface area (Å²) in [6.45, 7) is 4.77. The quantitative estimate of drug-likeness (QED) is 0.727. The van der Waals surface area contributed by atoms with Crippen LogP contribution in [-0.2, 0) is 11.0 Å². The molecule has 0 aromatic heterocycles. The highest BCUT2D eigenvalue weighted by molar-refractivity contribution is 6.07. The molecule has 1 aromatic rings. The minimum atomic E-state index is -4.36. The van der Waals surface area contributed by atoms with Crippen molar-refractivity contribution in [2.45, 2.75) is 44.3 Å². The van der Waals surface area contributed by atoms with Gasteiger partial charge in [0.25, 0.3) is 5.91 Å². The fourth-order valence-corrected chi connectivity index (χ4v) is 4.98. The Morgan fingerprint density at radius 1 is 1.20 bits per heavy atom. The van der Waals surface area contributed by atoms with Crippen LogP contribution < -0.4 is 15.1 Å². The Morgan fingerprint density at radius 3 is 2.60 bits per heavy atom. The zero-order valence-electron chi connectivity index (χ0n) is 17.1. The molecule has 3 fully saturated rings. The number of nitrogens with one attached hydrogen (secondary N) is 2. The molecule has 1 spiro atoms. The molecule has 2 N–H and O–H groups in total. The number of hydrogen-bond acceptors (Lipinski definition) is 3. The van der Waals surface area contributed by atoms with Crippen molar-refractivity contribution in [2.75, 3.05) is 37.7 Å². The summed E-state index contributed by atoms with van der Waals surface area (Å²) in [5, 5.41) is 2.97. The van der Waals surface area contributed by atoms with E-state index in [4.69, 9.17) is 0 Å². The summed E-state index contributed by atoms with van der Waals surface area (Å²) in [6, 6.07) is 5.05. The summed E-state index contributed by atoms with van der Waals surface area (Å²) in [7, 11) is 0. The van der Waals surface area contributed by atoms with Gasteiger partial charge in [-0.2, -0.15) is 13.2 Å². The number of carbonyl (C=O) groups excluding carboxylic acids is 2. The molecule has 1 aliphatic carbocycles. The van der Waals surface area contributed by atoms with Crippen LogP contribution in [0, 0.1) is 5.92 Å². The van der Waals surface area contributed by atoms with Gasteiger partial charge in [0.15, 0.2) is 6.67 Å². The molecule has 0 unspecified atom stereocenters. The molecule has 3 aliphatic rings. The fourth-order valence-electron chi connectivity index (χ4n) is 4.98. The summed E-state index contributed by atoms with van der Waals surface area (Å²) >= 11 is 0. The van der Waals surface area contributed by atoms with Crippen LogP contribution in [0.25, 0.3) is 0 Å². The number of nitrogens with zero attached hydrogens (tertiary/aromatic N) is 2. The smallest absolute Gasteiger partial charge is 0.360 e. The Balaban J connectivity index is 1.37. The van der Waals surface area contributed by atoms with Crippen molar-refractivity contribution in [3.05, 3.63) is 29.8 Å². The number of amides is 3. The lowest BCUT2D eigenvalue weighted by Crippen LogP contribution is -3.16. The molecule has 6 nitrogen and oxygen atoms in total. The standard InChI is InChI=1S/C21H27F3N4O2/c1-15-5-2-3-8-20(15)18(29)28(19(30)25-20)14-26-9-11-27(12-10-26)17-7-4-6-16(13-17)21(22,23)24/h4,6-7,13,15H,2-3,5,8-12,14H2,1H3,(H,25,30)/p+1/t15-,20+/m1/s1. The van der Waals surface area contributed by atoms with Crippen LogP contribution in [0.3, 0.4) is 0 Å². The van der Waals surface area contributed by atoms with Crippen molar-refractivity contribution >= 4 is 17.6 Å². The third-order valence-electron chi connectivity index (χ3n) is 6.89. The maximum atomic E-state index is 13.1. The van der Waals surface area contributed by atoms with Gasteiger partial charge in [-0.25, -0.2) is 9.69 Å². The van der Waals surface area contributed by atoms with E-state index in [1.54, 1.807) is 6.07 Å². The topological polar surface area (TPSA) is 57.1 Å². The predicted molar refractivity (Wildman–Crippen MR) is 105 cm³/mol. The van der Waals surface area contributed by atoms with Gasteiger partial charge in [-0.05, 0) is 37.0 Å². The SMILES string of the molecule is C[C@@H]1CCCC[C@]12NC(=O)N(C[NH+]1CCN(c3cccc(C(F)(F)F)c3)CC1)C2=O. The van der Waals surface area contributed by atoms with Crippen LogP contribution in [-0.4, -0.2) is 55.2 Å². The molecule has 0 radical (unpaired) electrons. The van der Waals surface area contributed by atoms with Gasteiger partial charge in [0.05, 0.1) is 31.7 Å². The normalized spacial score (nSPS) is 28.3. The van der Waals surface area contributed by atoms with E-state index in [1.807, 2.05) is 11.8 Å². The van der Waals surface area contributed by atoms with Crippen LogP contribution in [0.1, 0.15) is 38.2 Å². The monoisotopic (exact) mass is 425 g/mol. The summed E-state index contributed by atoms with van der Waals surface area (Å²) in [6.07, 6.45) is -0.726. The zero-order chi connectivity index (χ0) is 21.5. The number of hydrogen-bond donors (Lipinski definition) is 2. The van der Waals surface area contributed by atoms with Gasteiger partial charge in [-0.3, -0.25) is 4.79 Å². The summed E-state index contributed by atoms with van der Waals surface area (Å²) < 4.78 is 38.9. The molecule has 0 bridgehead atoms. The summed E-state index contributed by atoms with van der Waals surface area (Å²) in [5.74, 6) is 0.00737. The van der Waals surface area contributed by atoms with Gasteiger partial charge in [-0.15, -0.1) is 0 Å². The third-order valence-corrected chi connectivity index (χ3v) is 6.89. The molecule has 2 atom stereocenters.